The van der Waals surface area contributed by atoms with Gasteiger partial charge in [-0.2, -0.15) is 5.26 Å². The lowest BCUT2D eigenvalue weighted by Crippen LogP contribution is -2.09. The monoisotopic (exact) mass is 202 g/mol. The summed E-state index contributed by atoms with van der Waals surface area (Å²) in [7, 11) is 0. The van der Waals surface area contributed by atoms with Crippen LogP contribution in [0.2, 0.25) is 0 Å². The molecule has 0 unspecified atom stereocenters. The quantitative estimate of drug-likeness (QED) is 0.749. The van der Waals surface area contributed by atoms with Crippen LogP contribution in [0, 0.1) is 18.3 Å². The molecule has 1 aromatic rings. The molecule has 3 heteroatoms. The van der Waals surface area contributed by atoms with Crippen LogP contribution in [0.1, 0.15) is 30.9 Å². The maximum atomic E-state index is 10.9. The van der Waals surface area contributed by atoms with Crippen molar-refractivity contribution in [3.05, 3.63) is 29.3 Å². The molecule has 0 saturated carbocycles. The molecule has 15 heavy (non-hydrogen) atoms. The topological polar surface area (TPSA) is 52.9 Å². The Kier molecular flexibility index (Phi) is 3.46. The van der Waals surface area contributed by atoms with Gasteiger partial charge in [0.1, 0.15) is 0 Å². The molecule has 0 atom stereocenters. The number of nitrogens with one attached hydrogen (secondary N) is 1. The van der Waals surface area contributed by atoms with Gasteiger partial charge in [-0.15, -0.1) is 0 Å². The molecular weight excluding hydrogens is 188 g/mol. The lowest BCUT2D eigenvalue weighted by atomic mass is 10.0. The summed E-state index contributed by atoms with van der Waals surface area (Å²) in [6.07, 6.45) is 0. The number of rotatable bonds is 2. The standard InChI is InChI=1S/C12H14N2O/c1-8(2)10-5-4-9(3)11(6-10)14-12(15)7-13/h4-6,8H,1-3H3,(H,14,15). The fourth-order valence-corrected chi connectivity index (χ4v) is 1.28. The fourth-order valence-electron chi connectivity index (χ4n) is 1.28. The Morgan fingerprint density at radius 1 is 1.47 bits per heavy atom. The number of anilines is 1. The zero-order valence-electron chi connectivity index (χ0n) is 9.16. The molecule has 0 saturated heterocycles. The minimum absolute atomic E-state index is 0.406. The number of amides is 1. The third kappa shape index (κ3) is 2.81. The van der Waals surface area contributed by atoms with Gasteiger partial charge in [0.25, 0.3) is 0 Å². The molecular formula is C12H14N2O. The summed E-state index contributed by atoms with van der Waals surface area (Å²) < 4.78 is 0. The van der Waals surface area contributed by atoms with Gasteiger partial charge in [-0.25, -0.2) is 0 Å². The van der Waals surface area contributed by atoms with Gasteiger partial charge in [-0.1, -0.05) is 26.0 Å². The normalized spacial score (nSPS) is 9.80. The molecule has 0 heterocycles. The molecule has 0 aliphatic carbocycles. The highest BCUT2D eigenvalue weighted by Gasteiger charge is 2.06. The van der Waals surface area contributed by atoms with E-state index in [0.717, 1.165) is 11.1 Å². The molecule has 0 fully saturated rings. The highest BCUT2D eigenvalue weighted by atomic mass is 16.1. The summed E-state index contributed by atoms with van der Waals surface area (Å²) in [4.78, 5) is 10.9. The predicted molar refractivity (Wildman–Crippen MR) is 59.5 cm³/mol. The van der Waals surface area contributed by atoms with Crippen molar-refractivity contribution in [2.24, 2.45) is 0 Å². The lowest BCUT2D eigenvalue weighted by Gasteiger charge is -2.10. The Hall–Kier alpha value is -1.82. The number of carbonyl (C=O) groups is 1. The van der Waals surface area contributed by atoms with E-state index in [2.05, 4.69) is 19.2 Å². The lowest BCUT2D eigenvalue weighted by molar-refractivity contribution is -0.111. The van der Waals surface area contributed by atoms with Crippen LogP contribution in [-0.2, 0) is 4.79 Å². The first kappa shape index (κ1) is 11.3. The zero-order chi connectivity index (χ0) is 11.4. The van der Waals surface area contributed by atoms with Crippen LogP contribution in [-0.4, -0.2) is 5.91 Å². The molecule has 3 nitrogen and oxygen atoms in total. The van der Waals surface area contributed by atoms with Crippen molar-refractivity contribution >= 4 is 11.6 Å². The molecule has 0 aromatic heterocycles. The van der Waals surface area contributed by atoms with Crippen LogP contribution in [0.15, 0.2) is 18.2 Å². The third-order valence-electron chi connectivity index (χ3n) is 2.28. The smallest absolute Gasteiger partial charge is 0.313 e. The number of nitrogens with zero attached hydrogens (tertiary/aromatic N) is 1. The van der Waals surface area contributed by atoms with Crippen LogP contribution in [0.5, 0.6) is 0 Å². The Bertz CT molecular complexity index is 416. The van der Waals surface area contributed by atoms with Crippen molar-refractivity contribution in [2.75, 3.05) is 5.32 Å². The molecule has 1 N–H and O–H groups in total. The van der Waals surface area contributed by atoms with Gasteiger partial charge in [-0.3, -0.25) is 4.79 Å². The van der Waals surface area contributed by atoms with E-state index in [0.29, 0.717) is 11.6 Å². The van der Waals surface area contributed by atoms with E-state index in [1.807, 2.05) is 25.1 Å². The molecule has 0 spiro atoms. The van der Waals surface area contributed by atoms with Crippen molar-refractivity contribution in [3.63, 3.8) is 0 Å². The minimum atomic E-state index is -0.626. The highest BCUT2D eigenvalue weighted by molar-refractivity contribution is 6.02. The van der Waals surface area contributed by atoms with Crippen molar-refractivity contribution in [1.82, 2.24) is 0 Å². The van der Waals surface area contributed by atoms with Crippen molar-refractivity contribution < 1.29 is 4.79 Å². The van der Waals surface area contributed by atoms with Gasteiger partial charge in [-0.05, 0) is 30.0 Å². The summed E-state index contributed by atoms with van der Waals surface area (Å²) >= 11 is 0. The van der Waals surface area contributed by atoms with Crippen LogP contribution < -0.4 is 5.32 Å². The average molecular weight is 202 g/mol. The number of aryl methyl sites for hydroxylation is 1. The first-order valence-corrected chi connectivity index (χ1v) is 4.86. The fraction of sp³-hybridized carbons (Fsp3) is 0.333. The third-order valence-corrected chi connectivity index (χ3v) is 2.28. The summed E-state index contributed by atoms with van der Waals surface area (Å²) in [5.41, 5.74) is 2.82. The molecule has 0 aliphatic heterocycles. The van der Waals surface area contributed by atoms with E-state index < -0.39 is 5.91 Å². The zero-order valence-corrected chi connectivity index (χ0v) is 9.16. The second-order valence-corrected chi connectivity index (χ2v) is 3.79. The predicted octanol–water partition coefficient (Wildman–Crippen LogP) is 2.58. The van der Waals surface area contributed by atoms with Gasteiger partial charge in [0.2, 0.25) is 0 Å². The number of nitriles is 1. The van der Waals surface area contributed by atoms with E-state index in [-0.39, 0.29) is 0 Å². The van der Waals surface area contributed by atoms with E-state index in [1.165, 1.54) is 6.07 Å². The number of hydrogen-bond donors (Lipinski definition) is 1. The Morgan fingerprint density at radius 3 is 2.67 bits per heavy atom. The van der Waals surface area contributed by atoms with Crippen LogP contribution in [0.4, 0.5) is 5.69 Å². The van der Waals surface area contributed by atoms with Gasteiger partial charge >= 0.3 is 5.91 Å². The molecule has 1 amide bonds. The second kappa shape index (κ2) is 4.61. The molecule has 0 radical (unpaired) electrons. The highest BCUT2D eigenvalue weighted by Crippen LogP contribution is 2.22. The van der Waals surface area contributed by atoms with Gasteiger partial charge < -0.3 is 5.32 Å². The van der Waals surface area contributed by atoms with Crippen LogP contribution >= 0.6 is 0 Å². The first-order chi connectivity index (χ1) is 7.04. The molecule has 78 valence electrons. The van der Waals surface area contributed by atoms with E-state index in [9.17, 15) is 4.79 Å². The van der Waals surface area contributed by atoms with Gasteiger partial charge in [0.05, 0.1) is 0 Å². The maximum absolute atomic E-state index is 10.9. The number of benzene rings is 1. The van der Waals surface area contributed by atoms with E-state index in [4.69, 9.17) is 5.26 Å². The molecule has 0 bridgehead atoms. The molecule has 0 aliphatic rings. The van der Waals surface area contributed by atoms with Crippen molar-refractivity contribution in [1.29, 1.82) is 5.26 Å². The van der Waals surface area contributed by atoms with Crippen LogP contribution in [0.3, 0.4) is 0 Å². The SMILES string of the molecule is Cc1ccc(C(C)C)cc1NC(=O)C#N. The Labute approximate surface area is 89.7 Å². The van der Waals surface area contributed by atoms with Crippen molar-refractivity contribution in [2.45, 2.75) is 26.7 Å². The summed E-state index contributed by atoms with van der Waals surface area (Å²) in [6, 6.07) is 7.43. The summed E-state index contributed by atoms with van der Waals surface area (Å²) in [5, 5.41) is 11.0. The largest absolute Gasteiger partial charge is 0.326 e. The second-order valence-electron chi connectivity index (χ2n) is 3.79. The Balaban J connectivity index is 3.01. The van der Waals surface area contributed by atoms with E-state index in [1.54, 1.807) is 0 Å². The van der Waals surface area contributed by atoms with Gasteiger partial charge in [0.15, 0.2) is 6.07 Å². The molecule has 1 aromatic carbocycles. The maximum Gasteiger partial charge on any atom is 0.326 e. The van der Waals surface area contributed by atoms with E-state index >= 15 is 0 Å². The van der Waals surface area contributed by atoms with Gasteiger partial charge in [0, 0.05) is 5.69 Å². The summed E-state index contributed by atoms with van der Waals surface area (Å²) in [6.45, 7) is 6.07. The van der Waals surface area contributed by atoms with Crippen molar-refractivity contribution in [3.8, 4) is 6.07 Å². The first-order valence-electron chi connectivity index (χ1n) is 4.86. The average Bonchev–Trinajstić information content (AvgIpc) is 2.20. The van der Waals surface area contributed by atoms with Crippen LogP contribution in [0.25, 0.3) is 0 Å². The Morgan fingerprint density at radius 2 is 2.13 bits per heavy atom. The molecule has 1 rings (SSSR count). The number of hydrogen-bond acceptors (Lipinski definition) is 2. The summed E-state index contributed by atoms with van der Waals surface area (Å²) in [5.74, 6) is -0.220. The minimum Gasteiger partial charge on any atom is -0.313 e. The number of carbonyl (C=O) groups excluding carboxylic acids is 1.